The minimum Gasteiger partial charge on any atom is -0.481 e. The van der Waals surface area contributed by atoms with E-state index in [1.807, 2.05) is 10.6 Å². The molecular formula is C27H20F3N5O3. The number of alkyl halides is 2. The van der Waals surface area contributed by atoms with Gasteiger partial charge in [0.25, 0.3) is 0 Å². The minimum atomic E-state index is -3.06. The Kier molecular flexibility index (Phi) is 5.39. The molecule has 4 heterocycles. The number of hydrogen-bond acceptors (Lipinski definition) is 7. The third-order valence-electron chi connectivity index (χ3n) is 6.70. The Morgan fingerprint density at radius 1 is 1.24 bits per heavy atom. The average Bonchev–Trinajstić information content (AvgIpc) is 3.33. The molecule has 0 amide bonds. The lowest BCUT2D eigenvalue weighted by molar-refractivity contribution is -0.0506. The zero-order valence-corrected chi connectivity index (χ0v) is 20.2. The third-order valence-corrected chi connectivity index (χ3v) is 6.70. The number of fused-ring (bicyclic) bond motifs is 9. The summed E-state index contributed by atoms with van der Waals surface area (Å²) in [6.45, 7) is 0.0416. The molecular weight excluding hydrogens is 499 g/mol. The number of nitriles is 1. The monoisotopic (exact) mass is 519 g/mol. The summed E-state index contributed by atoms with van der Waals surface area (Å²) in [7, 11) is 0. The maximum absolute atomic E-state index is 15.2. The van der Waals surface area contributed by atoms with Crippen LogP contribution < -0.4 is 4.74 Å². The van der Waals surface area contributed by atoms with Gasteiger partial charge in [-0.15, -0.1) is 0 Å². The molecule has 0 radical (unpaired) electrons. The van der Waals surface area contributed by atoms with Gasteiger partial charge in [0.05, 0.1) is 29.2 Å². The van der Waals surface area contributed by atoms with Gasteiger partial charge in [-0.25, -0.2) is 19.3 Å². The second-order valence-corrected chi connectivity index (χ2v) is 9.61. The van der Waals surface area contributed by atoms with Gasteiger partial charge in [-0.1, -0.05) is 12.1 Å². The first-order valence-corrected chi connectivity index (χ1v) is 11.8. The fourth-order valence-electron chi connectivity index (χ4n) is 5.14. The van der Waals surface area contributed by atoms with E-state index in [-0.39, 0.29) is 22.9 Å². The number of nitrogens with zero attached hydrogens (tertiary/aromatic N) is 5. The number of aliphatic hydroxyl groups is 1. The van der Waals surface area contributed by atoms with E-state index in [1.165, 1.54) is 30.6 Å². The van der Waals surface area contributed by atoms with Crippen molar-refractivity contribution in [3.05, 3.63) is 77.4 Å². The maximum atomic E-state index is 15.2. The first-order valence-electron chi connectivity index (χ1n) is 11.8. The van der Waals surface area contributed by atoms with Gasteiger partial charge in [0.15, 0.2) is 17.8 Å². The highest BCUT2D eigenvalue weighted by Crippen LogP contribution is 2.52. The molecule has 4 aromatic rings. The Balaban J connectivity index is 1.55. The number of allylic oxidation sites excluding steroid dienone is 1. The van der Waals surface area contributed by atoms with Crippen LogP contribution in [0.2, 0.25) is 0 Å². The number of rotatable bonds is 4. The molecule has 0 aliphatic carbocycles. The minimum absolute atomic E-state index is 0.0387. The largest absolute Gasteiger partial charge is 0.481 e. The molecule has 2 aliphatic heterocycles. The molecule has 0 spiro atoms. The molecule has 0 fully saturated rings. The van der Waals surface area contributed by atoms with Crippen LogP contribution in [0.15, 0.2) is 48.8 Å². The summed E-state index contributed by atoms with van der Waals surface area (Å²) in [5.74, 6) is 0.313. The van der Waals surface area contributed by atoms with Gasteiger partial charge in [0, 0.05) is 47.1 Å². The van der Waals surface area contributed by atoms with Crippen molar-refractivity contribution < 1.29 is 27.8 Å². The summed E-state index contributed by atoms with van der Waals surface area (Å²) in [5, 5.41) is 19.5. The Bertz CT molecular complexity index is 1650. The van der Waals surface area contributed by atoms with Crippen molar-refractivity contribution in [2.24, 2.45) is 0 Å². The van der Waals surface area contributed by atoms with Crippen molar-refractivity contribution in [3.8, 4) is 22.9 Å². The second-order valence-electron chi connectivity index (χ2n) is 9.61. The summed E-state index contributed by atoms with van der Waals surface area (Å²) in [4.78, 5) is 13.0. The molecule has 38 heavy (non-hydrogen) atoms. The number of benzene rings is 2. The molecule has 0 unspecified atom stereocenters. The SMILES string of the molecule is CC(C)(O)c1ncc(-c2cc3c(cc2F)nc2n3[C@@H]3C[C@H]2O/C(=C\C#N)c2cccc(OC(F)F)c23)cn1. The molecule has 0 saturated carbocycles. The van der Waals surface area contributed by atoms with E-state index in [1.54, 1.807) is 32.0 Å². The van der Waals surface area contributed by atoms with Gasteiger partial charge in [-0.05, 0) is 26.0 Å². The van der Waals surface area contributed by atoms with Crippen molar-refractivity contribution in [2.45, 2.75) is 44.6 Å². The van der Waals surface area contributed by atoms with E-state index in [0.717, 1.165) is 0 Å². The van der Waals surface area contributed by atoms with Gasteiger partial charge in [-0.2, -0.15) is 14.0 Å². The number of hydrogen-bond donors (Lipinski definition) is 1. The zero-order chi connectivity index (χ0) is 26.8. The summed E-state index contributed by atoms with van der Waals surface area (Å²) in [6.07, 6.45) is 3.84. The number of aromatic nitrogens is 4. The van der Waals surface area contributed by atoms with Crippen LogP contribution in [-0.4, -0.2) is 31.2 Å². The Morgan fingerprint density at radius 2 is 2.00 bits per heavy atom. The predicted octanol–water partition coefficient (Wildman–Crippen LogP) is 5.39. The van der Waals surface area contributed by atoms with Gasteiger partial charge >= 0.3 is 6.61 Å². The molecule has 0 saturated heterocycles. The molecule has 6 rings (SSSR count). The molecule has 192 valence electrons. The molecule has 2 atom stereocenters. The fourth-order valence-corrected chi connectivity index (χ4v) is 5.14. The van der Waals surface area contributed by atoms with E-state index < -0.39 is 30.2 Å². The van der Waals surface area contributed by atoms with Crippen LogP contribution in [0, 0.1) is 17.1 Å². The van der Waals surface area contributed by atoms with E-state index in [0.29, 0.717) is 40.0 Å². The van der Waals surface area contributed by atoms with Crippen LogP contribution in [-0.2, 0) is 10.3 Å². The van der Waals surface area contributed by atoms with Crippen LogP contribution in [0.4, 0.5) is 13.2 Å². The van der Waals surface area contributed by atoms with Gasteiger partial charge in [-0.3, -0.25) is 0 Å². The van der Waals surface area contributed by atoms with Crippen LogP contribution in [0.5, 0.6) is 5.75 Å². The van der Waals surface area contributed by atoms with Gasteiger partial charge in [0.1, 0.15) is 22.9 Å². The standard InChI is InChI=1S/C27H20F3N5O3/c1-27(2,36)25-32-11-13(12-33-25)15-8-18-17(9-16(15)28)34-24-22-10-19(35(18)24)23-14(20(37-22)6-7-31)4-3-5-21(23)38-26(29)30/h3-6,8-9,11-12,19,22,26,36H,10H2,1-2H3/b20-6-/t19-,22-/m1/s1. The number of halogens is 3. The van der Waals surface area contributed by atoms with Crippen LogP contribution in [0.25, 0.3) is 27.9 Å². The fraction of sp³-hybridized carbons (Fsp3) is 0.259. The van der Waals surface area contributed by atoms with E-state index in [4.69, 9.17) is 9.47 Å². The third kappa shape index (κ3) is 3.76. The molecule has 2 bridgehead atoms. The first-order chi connectivity index (χ1) is 18.2. The summed E-state index contributed by atoms with van der Waals surface area (Å²) in [5.41, 5.74) is 1.16. The lowest BCUT2D eigenvalue weighted by atomic mass is 9.96. The van der Waals surface area contributed by atoms with Crippen molar-refractivity contribution in [1.29, 1.82) is 5.26 Å². The number of imidazole rings is 1. The van der Waals surface area contributed by atoms with Crippen molar-refractivity contribution in [3.63, 3.8) is 0 Å². The Morgan fingerprint density at radius 3 is 2.68 bits per heavy atom. The number of ether oxygens (including phenoxy) is 2. The summed E-state index contributed by atoms with van der Waals surface area (Å²) >= 11 is 0. The highest BCUT2D eigenvalue weighted by Gasteiger charge is 2.43. The zero-order valence-electron chi connectivity index (χ0n) is 20.2. The smallest absolute Gasteiger partial charge is 0.387 e. The van der Waals surface area contributed by atoms with Crippen molar-refractivity contribution in [2.75, 3.05) is 0 Å². The molecule has 2 aliphatic rings. The second kappa shape index (κ2) is 8.56. The molecule has 8 nitrogen and oxygen atoms in total. The van der Waals surface area contributed by atoms with Crippen LogP contribution in [0.1, 0.15) is 55.2 Å². The predicted molar refractivity (Wildman–Crippen MR) is 129 cm³/mol. The normalized spacial score (nSPS) is 19.2. The highest BCUT2D eigenvalue weighted by molar-refractivity contribution is 5.84. The van der Waals surface area contributed by atoms with Crippen molar-refractivity contribution >= 4 is 16.8 Å². The van der Waals surface area contributed by atoms with E-state index in [2.05, 4.69) is 15.0 Å². The van der Waals surface area contributed by atoms with Crippen molar-refractivity contribution in [1.82, 2.24) is 19.5 Å². The van der Waals surface area contributed by atoms with Crippen LogP contribution in [0.3, 0.4) is 0 Å². The van der Waals surface area contributed by atoms with Gasteiger partial charge < -0.3 is 19.1 Å². The lowest BCUT2D eigenvalue weighted by Crippen LogP contribution is -2.19. The summed E-state index contributed by atoms with van der Waals surface area (Å²) < 4.78 is 54.8. The average molecular weight is 519 g/mol. The quantitative estimate of drug-likeness (QED) is 0.360. The molecule has 2 aromatic heterocycles. The Hall–Kier alpha value is -4.43. The molecule has 1 N–H and O–H groups in total. The summed E-state index contributed by atoms with van der Waals surface area (Å²) in [6, 6.07) is 9.01. The Labute approximate surface area is 214 Å². The van der Waals surface area contributed by atoms with Gasteiger partial charge in [0.2, 0.25) is 0 Å². The molecule has 11 heteroatoms. The maximum Gasteiger partial charge on any atom is 0.387 e. The lowest BCUT2D eigenvalue weighted by Gasteiger charge is -2.22. The topological polar surface area (TPSA) is 106 Å². The van der Waals surface area contributed by atoms with E-state index >= 15 is 4.39 Å². The van der Waals surface area contributed by atoms with Crippen LogP contribution >= 0.6 is 0 Å². The molecule has 2 aromatic carbocycles. The van der Waals surface area contributed by atoms with E-state index in [9.17, 15) is 19.1 Å². The highest BCUT2D eigenvalue weighted by atomic mass is 19.3. The first kappa shape index (κ1) is 23.9.